The topological polar surface area (TPSA) is 3.24 Å². The summed E-state index contributed by atoms with van der Waals surface area (Å²) >= 11 is 1.86. The summed E-state index contributed by atoms with van der Waals surface area (Å²) in [6, 6.07) is 68.1. The molecule has 0 saturated heterocycles. The smallest absolute Gasteiger partial charge is 0.0540 e. The maximum atomic E-state index is 2.40. The van der Waals surface area contributed by atoms with Crippen LogP contribution < -0.4 is 4.90 Å². The van der Waals surface area contributed by atoms with Crippen LogP contribution in [0.3, 0.4) is 0 Å². The molecule has 1 aromatic heterocycles. The van der Waals surface area contributed by atoms with Gasteiger partial charge in [0, 0.05) is 37.1 Å². The fraction of sp³-hybridized carbons (Fsp3) is 0. The van der Waals surface area contributed by atoms with Crippen molar-refractivity contribution in [3.63, 3.8) is 0 Å². The number of anilines is 3. The monoisotopic (exact) mass is 629 g/mol. The van der Waals surface area contributed by atoms with Crippen molar-refractivity contribution >= 4 is 59.3 Å². The Labute approximate surface area is 284 Å². The van der Waals surface area contributed by atoms with E-state index in [2.05, 4.69) is 193 Å². The Bertz CT molecular complexity index is 2560. The molecule has 0 unspecified atom stereocenters. The highest BCUT2D eigenvalue weighted by Gasteiger charge is 2.20. The second-order valence-electron chi connectivity index (χ2n) is 12.1. The molecule has 0 amide bonds. The molecule has 0 aliphatic heterocycles. The number of thiophene rings is 1. The van der Waals surface area contributed by atoms with Crippen LogP contribution in [0.15, 0.2) is 188 Å². The highest BCUT2D eigenvalue weighted by atomic mass is 32.1. The van der Waals surface area contributed by atoms with Gasteiger partial charge in [-0.1, -0.05) is 146 Å². The molecular weight excluding hydrogens is 599 g/mol. The Balaban J connectivity index is 1.17. The lowest BCUT2D eigenvalue weighted by molar-refractivity contribution is 1.28. The number of benzene rings is 8. The first-order valence-electron chi connectivity index (χ1n) is 16.4. The van der Waals surface area contributed by atoms with E-state index >= 15 is 0 Å². The zero-order chi connectivity index (χ0) is 31.9. The van der Waals surface area contributed by atoms with Crippen LogP contribution in [-0.4, -0.2) is 0 Å². The summed E-state index contributed by atoms with van der Waals surface area (Å²) in [6.45, 7) is 0. The zero-order valence-electron chi connectivity index (χ0n) is 26.3. The summed E-state index contributed by atoms with van der Waals surface area (Å²) in [6.07, 6.45) is 0. The predicted molar refractivity (Wildman–Crippen MR) is 208 cm³/mol. The molecule has 0 N–H and O–H groups in total. The number of rotatable bonds is 6. The molecule has 8 aromatic carbocycles. The number of fused-ring (bicyclic) bond motifs is 4. The second kappa shape index (κ2) is 12.0. The minimum Gasteiger partial charge on any atom is -0.310 e. The molecule has 2 heteroatoms. The first kappa shape index (κ1) is 28.3. The first-order chi connectivity index (χ1) is 23.8. The van der Waals surface area contributed by atoms with Gasteiger partial charge >= 0.3 is 0 Å². The van der Waals surface area contributed by atoms with Crippen LogP contribution in [0, 0.1) is 0 Å². The van der Waals surface area contributed by atoms with Gasteiger partial charge in [-0.3, -0.25) is 0 Å². The van der Waals surface area contributed by atoms with Gasteiger partial charge in [-0.2, -0.15) is 0 Å². The third-order valence-corrected chi connectivity index (χ3v) is 10.4. The van der Waals surface area contributed by atoms with Crippen molar-refractivity contribution < 1.29 is 0 Å². The van der Waals surface area contributed by atoms with Crippen molar-refractivity contribution in [2.75, 3.05) is 4.90 Å². The average Bonchev–Trinajstić information content (AvgIpc) is 3.55. The summed E-state index contributed by atoms with van der Waals surface area (Å²) in [5, 5.41) is 5.16. The largest absolute Gasteiger partial charge is 0.310 e. The highest BCUT2D eigenvalue weighted by molar-refractivity contribution is 7.25. The lowest BCUT2D eigenvalue weighted by Crippen LogP contribution is -2.11. The molecule has 0 radical (unpaired) electrons. The minimum absolute atomic E-state index is 1.12. The van der Waals surface area contributed by atoms with E-state index in [1.54, 1.807) is 0 Å². The standard InChI is InChI=1S/C46H31NS/c1-2-16-36(17-3-1)47(43-24-8-6-20-40(43)41-23-12-26-45-46(41)42-21-7-9-25-44(42)48-45)37-18-10-15-35(31-37)32-27-29-34(30-28-32)39-22-11-14-33-13-4-5-19-38(33)39/h1-31H. The van der Waals surface area contributed by atoms with Crippen LogP contribution >= 0.6 is 11.3 Å². The van der Waals surface area contributed by atoms with Crippen LogP contribution in [0.25, 0.3) is 64.3 Å². The number of hydrogen-bond donors (Lipinski definition) is 0. The van der Waals surface area contributed by atoms with E-state index in [0.717, 1.165) is 17.1 Å². The summed E-state index contributed by atoms with van der Waals surface area (Å²) < 4.78 is 2.63. The van der Waals surface area contributed by atoms with Crippen LogP contribution in [0.2, 0.25) is 0 Å². The van der Waals surface area contributed by atoms with Crippen molar-refractivity contribution in [3.8, 4) is 33.4 Å². The fourth-order valence-electron chi connectivity index (χ4n) is 7.04. The molecule has 0 aliphatic carbocycles. The van der Waals surface area contributed by atoms with Gasteiger partial charge in [0.15, 0.2) is 0 Å². The molecule has 0 saturated carbocycles. The summed E-state index contributed by atoms with van der Waals surface area (Å²) in [4.78, 5) is 2.40. The molecule has 9 aromatic rings. The minimum atomic E-state index is 1.12. The van der Waals surface area contributed by atoms with E-state index in [0.29, 0.717) is 0 Å². The predicted octanol–water partition coefficient (Wildman–Crippen LogP) is 13.7. The van der Waals surface area contributed by atoms with Gasteiger partial charge in [0.2, 0.25) is 0 Å². The van der Waals surface area contributed by atoms with E-state index in [-0.39, 0.29) is 0 Å². The summed E-state index contributed by atoms with van der Waals surface area (Å²) in [5.74, 6) is 0. The van der Waals surface area contributed by atoms with Gasteiger partial charge in [-0.15, -0.1) is 11.3 Å². The Kier molecular flexibility index (Phi) is 7.07. The van der Waals surface area contributed by atoms with E-state index in [1.807, 2.05) is 11.3 Å². The molecule has 9 rings (SSSR count). The SMILES string of the molecule is c1ccc(N(c2cccc(-c3ccc(-c4cccc5ccccc45)cc3)c2)c2ccccc2-c2cccc3sc4ccccc4c23)cc1. The second-order valence-corrected chi connectivity index (χ2v) is 13.2. The summed E-state index contributed by atoms with van der Waals surface area (Å²) in [7, 11) is 0. The van der Waals surface area contributed by atoms with E-state index in [4.69, 9.17) is 0 Å². The van der Waals surface area contributed by atoms with E-state index in [1.165, 1.54) is 64.3 Å². The van der Waals surface area contributed by atoms with Crippen molar-refractivity contribution in [2.45, 2.75) is 0 Å². The quantitative estimate of drug-likeness (QED) is 0.177. The van der Waals surface area contributed by atoms with Gasteiger partial charge in [-0.25, -0.2) is 0 Å². The Morgan fingerprint density at radius 1 is 0.354 bits per heavy atom. The number of hydrogen-bond acceptors (Lipinski definition) is 2. The Morgan fingerprint density at radius 2 is 0.958 bits per heavy atom. The molecule has 0 bridgehead atoms. The van der Waals surface area contributed by atoms with Crippen LogP contribution in [0.4, 0.5) is 17.1 Å². The number of nitrogens with zero attached hydrogens (tertiary/aromatic N) is 1. The molecule has 1 heterocycles. The maximum Gasteiger partial charge on any atom is 0.0540 e. The van der Waals surface area contributed by atoms with E-state index < -0.39 is 0 Å². The van der Waals surface area contributed by atoms with Gasteiger partial charge in [0.1, 0.15) is 0 Å². The molecule has 1 nitrogen and oxygen atoms in total. The number of para-hydroxylation sites is 2. The molecular formula is C46H31NS. The summed E-state index contributed by atoms with van der Waals surface area (Å²) in [5.41, 5.74) is 10.7. The van der Waals surface area contributed by atoms with Crippen molar-refractivity contribution in [3.05, 3.63) is 188 Å². The van der Waals surface area contributed by atoms with Gasteiger partial charge in [0.05, 0.1) is 5.69 Å². The Hall–Kier alpha value is -5.96. The fourth-order valence-corrected chi connectivity index (χ4v) is 8.18. The third-order valence-electron chi connectivity index (χ3n) is 9.28. The Morgan fingerprint density at radius 3 is 1.85 bits per heavy atom. The molecule has 0 spiro atoms. The van der Waals surface area contributed by atoms with Crippen LogP contribution in [0.5, 0.6) is 0 Å². The molecule has 0 fully saturated rings. The maximum absolute atomic E-state index is 2.40. The third kappa shape index (κ3) is 4.95. The van der Waals surface area contributed by atoms with Gasteiger partial charge < -0.3 is 4.90 Å². The lowest BCUT2D eigenvalue weighted by Gasteiger charge is -2.28. The van der Waals surface area contributed by atoms with E-state index in [9.17, 15) is 0 Å². The van der Waals surface area contributed by atoms with Gasteiger partial charge in [0.25, 0.3) is 0 Å². The zero-order valence-corrected chi connectivity index (χ0v) is 27.1. The molecule has 226 valence electrons. The van der Waals surface area contributed by atoms with Gasteiger partial charge in [-0.05, 0) is 81.1 Å². The van der Waals surface area contributed by atoms with Crippen molar-refractivity contribution in [1.29, 1.82) is 0 Å². The normalized spacial score (nSPS) is 11.3. The van der Waals surface area contributed by atoms with Crippen molar-refractivity contribution in [1.82, 2.24) is 0 Å². The lowest BCUT2D eigenvalue weighted by atomic mass is 9.95. The highest BCUT2D eigenvalue weighted by Crippen LogP contribution is 2.46. The first-order valence-corrected chi connectivity index (χ1v) is 17.2. The van der Waals surface area contributed by atoms with Crippen LogP contribution in [0.1, 0.15) is 0 Å². The molecule has 0 atom stereocenters. The van der Waals surface area contributed by atoms with Crippen LogP contribution in [-0.2, 0) is 0 Å². The van der Waals surface area contributed by atoms with Crippen molar-refractivity contribution in [2.24, 2.45) is 0 Å². The average molecular weight is 630 g/mol. The molecule has 0 aliphatic rings. The molecule has 48 heavy (non-hydrogen) atoms.